The van der Waals surface area contributed by atoms with Crippen LogP contribution < -0.4 is 9.64 Å². The van der Waals surface area contributed by atoms with E-state index in [2.05, 4.69) is 53.4 Å². The summed E-state index contributed by atoms with van der Waals surface area (Å²) < 4.78 is 7.20. The number of hydrogen-bond acceptors (Lipinski definition) is 4. The molecule has 1 aromatic heterocycles. The molecule has 6 heteroatoms. The van der Waals surface area contributed by atoms with E-state index < -0.39 is 0 Å². The Labute approximate surface area is 187 Å². The monoisotopic (exact) mass is 424 g/mol. The Bertz CT molecular complexity index is 1230. The number of carbonyl (C=O) groups is 1. The number of rotatable bonds is 4. The third kappa shape index (κ3) is 3.54. The van der Waals surface area contributed by atoms with Gasteiger partial charge in [-0.15, -0.1) is 0 Å². The van der Waals surface area contributed by atoms with Crippen molar-refractivity contribution in [2.24, 2.45) is 0 Å². The first-order valence-electron chi connectivity index (χ1n) is 10.6. The van der Waals surface area contributed by atoms with Gasteiger partial charge in [0, 0.05) is 5.56 Å². The van der Waals surface area contributed by atoms with Crippen molar-refractivity contribution in [3.05, 3.63) is 107 Å². The molecule has 4 aromatic rings. The molecule has 2 atom stereocenters. The van der Waals surface area contributed by atoms with Crippen LogP contribution in [0.25, 0.3) is 0 Å². The second kappa shape index (κ2) is 8.30. The van der Waals surface area contributed by atoms with E-state index in [1.54, 1.807) is 24.1 Å². The van der Waals surface area contributed by atoms with Crippen molar-refractivity contribution in [1.29, 1.82) is 0 Å². The number of ether oxygens (including phenoxy) is 1. The number of methoxy groups -OCH3 is 1. The van der Waals surface area contributed by atoms with Crippen molar-refractivity contribution in [3.63, 3.8) is 0 Å². The van der Waals surface area contributed by atoms with Crippen molar-refractivity contribution >= 4 is 11.9 Å². The van der Waals surface area contributed by atoms with Gasteiger partial charge in [0.2, 0.25) is 5.95 Å². The minimum Gasteiger partial charge on any atom is -0.497 e. The van der Waals surface area contributed by atoms with E-state index in [4.69, 9.17) is 4.74 Å². The van der Waals surface area contributed by atoms with Crippen LogP contribution in [0.3, 0.4) is 0 Å². The molecule has 3 aromatic carbocycles. The standard InChI is InChI=1S/C26H24N4O2/c1-18-11-13-20(14-12-18)23-16-24(19-7-4-3-5-8-19)30-26(27-17-28-30)29(23)25(31)21-9-6-10-22(15-21)32-2/h3-15,17,23-24H,16H2,1-2H3/t23-,24-/m0/s1. The first-order valence-corrected chi connectivity index (χ1v) is 10.6. The van der Waals surface area contributed by atoms with Crippen LogP contribution in [0, 0.1) is 6.92 Å². The van der Waals surface area contributed by atoms with Crippen LogP contribution in [-0.2, 0) is 0 Å². The van der Waals surface area contributed by atoms with Crippen molar-refractivity contribution in [2.45, 2.75) is 25.4 Å². The number of aryl methyl sites for hydroxylation is 1. The van der Waals surface area contributed by atoms with Crippen molar-refractivity contribution < 1.29 is 9.53 Å². The van der Waals surface area contributed by atoms with Crippen LogP contribution in [0.15, 0.2) is 85.2 Å². The largest absolute Gasteiger partial charge is 0.497 e. The molecule has 0 radical (unpaired) electrons. The summed E-state index contributed by atoms with van der Waals surface area (Å²) in [5, 5.41) is 4.50. The summed E-state index contributed by atoms with van der Waals surface area (Å²) >= 11 is 0. The number of carbonyl (C=O) groups excluding carboxylic acids is 1. The van der Waals surface area contributed by atoms with E-state index in [0.717, 1.165) is 11.1 Å². The van der Waals surface area contributed by atoms with Gasteiger partial charge in [-0.25, -0.2) is 4.68 Å². The highest BCUT2D eigenvalue weighted by atomic mass is 16.5. The van der Waals surface area contributed by atoms with Gasteiger partial charge >= 0.3 is 0 Å². The SMILES string of the molecule is COc1cccc(C(=O)N2c3ncnn3[C@H](c3ccccc3)C[C@H]2c2ccc(C)cc2)c1. The molecule has 1 aliphatic rings. The maximum absolute atomic E-state index is 13.8. The van der Waals surface area contributed by atoms with E-state index in [0.29, 0.717) is 23.7 Å². The first-order chi connectivity index (χ1) is 15.7. The zero-order chi connectivity index (χ0) is 22.1. The smallest absolute Gasteiger partial charge is 0.261 e. The van der Waals surface area contributed by atoms with Gasteiger partial charge in [0.15, 0.2) is 0 Å². The minimum atomic E-state index is -0.184. The highest BCUT2D eigenvalue weighted by Crippen LogP contribution is 2.42. The molecule has 1 amide bonds. The lowest BCUT2D eigenvalue weighted by Crippen LogP contribution is -2.42. The number of benzene rings is 3. The molecule has 1 aliphatic heterocycles. The lowest BCUT2D eigenvalue weighted by Gasteiger charge is -2.39. The summed E-state index contributed by atoms with van der Waals surface area (Å²) in [6.07, 6.45) is 2.22. The van der Waals surface area contributed by atoms with E-state index in [-0.39, 0.29) is 18.0 Å². The van der Waals surface area contributed by atoms with Crippen molar-refractivity contribution in [2.75, 3.05) is 12.0 Å². The first kappa shape index (κ1) is 20.0. The number of nitrogens with zero attached hydrogens (tertiary/aromatic N) is 4. The van der Waals surface area contributed by atoms with Crippen molar-refractivity contribution in [3.8, 4) is 5.75 Å². The van der Waals surface area contributed by atoms with Gasteiger partial charge in [0.25, 0.3) is 5.91 Å². The Balaban J connectivity index is 1.64. The number of hydrogen-bond donors (Lipinski definition) is 0. The third-order valence-electron chi connectivity index (χ3n) is 6.01. The molecule has 0 saturated heterocycles. The zero-order valence-corrected chi connectivity index (χ0v) is 18.1. The highest BCUT2D eigenvalue weighted by Gasteiger charge is 2.39. The van der Waals surface area contributed by atoms with Crippen molar-refractivity contribution in [1.82, 2.24) is 14.8 Å². The van der Waals surface area contributed by atoms with Gasteiger partial charge in [0.1, 0.15) is 12.1 Å². The fraction of sp³-hybridized carbons (Fsp3) is 0.192. The van der Waals surface area contributed by atoms with Crippen LogP contribution in [-0.4, -0.2) is 27.8 Å². The van der Waals surface area contributed by atoms with Gasteiger partial charge < -0.3 is 4.74 Å². The Morgan fingerprint density at radius 3 is 2.44 bits per heavy atom. The topological polar surface area (TPSA) is 60.2 Å². The van der Waals surface area contributed by atoms with Gasteiger partial charge in [-0.05, 0) is 42.7 Å². The molecule has 0 spiro atoms. The van der Waals surface area contributed by atoms with E-state index in [1.165, 1.54) is 11.9 Å². The fourth-order valence-corrected chi connectivity index (χ4v) is 4.35. The summed E-state index contributed by atoms with van der Waals surface area (Å²) in [4.78, 5) is 20.1. The molecule has 32 heavy (non-hydrogen) atoms. The number of amides is 1. The maximum atomic E-state index is 13.8. The number of fused-ring (bicyclic) bond motifs is 1. The number of anilines is 1. The Morgan fingerprint density at radius 1 is 0.938 bits per heavy atom. The molecule has 0 saturated carbocycles. The van der Waals surface area contributed by atoms with E-state index in [9.17, 15) is 4.79 Å². The van der Waals surface area contributed by atoms with E-state index in [1.807, 2.05) is 35.0 Å². The highest BCUT2D eigenvalue weighted by molar-refractivity contribution is 6.06. The maximum Gasteiger partial charge on any atom is 0.261 e. The zero-order valence-electron chi connectivity index (χ0n) is 18.1. The molecule has 160 valence electrons. The summed E-state index contributed by atoms with van der Waals surface area (Å²) in [5.74, 6) is 1.06. The normalized spacial score (nSPS) is 17.6. The average Bonchev–Trinajstić information content (AvgIpc) is 3.33. The number of aromatic nitrogens is 3. The van der Waals surface area contributed by atoms with Gasteiger partial charge in [-0.3, -0.25) is 9.69 Å². The molecule has 0 bridgehead atoms. The summed E-state index contributed by atoms with van der Waals surface area (Å²) in [6, 6.07) is 25.6. The lowest BCUT2D eigenvalue weighted by molar-refractivity contribution is 0.0963. The third-order valence-corrected chi connectivity index (χ3v) is 6.01. The van der Waals surface area contributed by atoms with Crippen LogP contribution >= 0.6 is 0 Å². The second-order valence-electron chi connectivity index (χ2n) is 8.00. The summed E-state index contributed by atoms with van der Waals surface area (Å²) in [6.45, 7) is 2.06. The van der Waals surface area contributed by atoms with E-state index >= 15 is 0 Å². The Morgan fingerprint density at radius 2 is 1.69 bits per heavy atom. The lowest BCUT2D eigenvalue weighted by atomic mass is 9.91. The molecule has 6 nitrogen and oxygen atoms in total. The molecule has 0 aliphatic carbocycles. The molecule has 0 fully saturated rings. The molecule has 2 heterocycles. The average molecular weight is 425 g/mol. The Kier molecular flexibility index (Phi) is 5.19. The quantitative estimate of drug-likeness (QED) is 0.464. The van der Waals surface area contributed by atoms with Crippen LogP contribution in [0.5, 0.6) is 5.75 Å². The molecular formula is C26H24N4O2. The predicted molar refractivity (Wildman–Crippen MR) is 123 cm³/mol. The van der Waals surface area contributed by atoms with Crippen LogP contribution in [0.4, 0.5) is 5.95 Å². The van der Waals surface area contributed by atoms with Crippen LogP contribution in [0.1, 0.15) is 45.6 Å². The molecule has 0 unspecified atom stereocenters. The summed E-state index contributed by atoms with van der Waals surface area (Å²) in [7, 11) is 1.60. The molecule has 5 rings (SSSR count). The van der Waals surface area contributed by atoms with Gasteiger partial charge in [-0.2, -0.15) is 10.1 Å². The fourth-order valence-electron chi connectivity index (χ4n) is 4.35. The molecular weight excluding hydrogens is 400 g/mol. The second-order valence-corrected chi connectivity index (χ2v) is 8.00. The molecule has 0 N–H and O–H groups in total. The predicted octanol–water partition coefficient (Wildman–Crippen LogP) is 4.98. The Hall–Kier alpha value is -3.93. The van der Waals surface area contributed by atoms with Crippen LogP contribution in [0.2, 0.25) is 0 Å². The summed E-state index contributed by atoms with van der Waals surface area (Å²) in [5.41, 5.74) is 3.94. The van der Waals surface area contributed by atoms with Gasteiger partial charge in [0.05, 0.1) is 19.2 Å². The van der Waals surface area contributed by atoms with Gasteiger partial charge in [-0.1, -0.05) is 66.2 Å². The minimum absolute atomic E-state index is 0.0191.